The molecule has 122 valence electrons. The van der Waals surface area contributed by atoms with Crippen molar-refractivity contribution in [2.45, 2.75) is 19.9 Å². The summed E-state index contributed by atoms with van der Waals surface area (Å²) >= 11 is 0. The predicted molar refractivity (Wildman–Crippen MR) is 90.8 cm³/mol. The lowest BCUT2D eigenvalue weighted by Crippen LogP contribution is -2.30. The van der Waals surface area contributed by atoms with Gasteiger partial charge in [0.1, 0.15) is 5.56 Å². The average molecular weight is 322 g/mol. The lowest BCUT2D eigenvalue weighted by molar-refractivity contribution is 0.0935. The van der Waals surface area contributed by atoms with E-state index < -0.39 is 0 Å². The minimum Gasteiger partial charge on any atom is -0.504 e. The molecule has 1 atom stereocenters. The first-order valence-corrected chi connectivity index (χ1v) is 7.63. The molecule has 0 spiro atoms. The highest BCUT2D eigenvalue weighted by atomic mass is 16.4. The highest BCUT2D eigenvalue weighted by Crippen LogP contribution is 2.23. The minimum atomic E-state index is -0.387. The van der Waals surface area contributed by atoms with E-state index in [0.29, 0.717) is 5.39 Å². The zero-order chi connectivity index (χ0) is 17.3. The van der Waals surface area contributed by atoms with Gasteiger partial charge in [-0.3, -0.25) is 10.2 Å². The number of phenolic OH excluding ortho intramolecular Hbond substituents is 1. The van der Waals surface area contributed by atoms with E-state index in [4.69, 9.17) is 9.83 Å². The molecular weight excluding hydrogens is 304 g/mol. The summed E-state index contributed by atoms with van der Waals surface area (Å²) in [6, 6.07) is 14.1. The summed E-state index contributed by atoms with van der Waals surface area (Å²) in [4.78, 5) is 12.5. The van der Waals surface area contributed by atoms with Crippen molar-refractivity contribution in [3.8, 4) is 5.75 Å². The number of fused-ring (bicyclic) bond motifs is 1. The number of phenols is 1. The van der Waals surface area contributed by atoms with Gasteiger partial charge < -0.3 is 14.8 Å². The van der Waals surface area contributed by atoms with Gasteiger partial charge in [-0.25, -0.2) is 0 Å². The lowest BCUT2D eigenvalue weighted by atomic mass is 10.1. The fraction of sp³-hybridized carbons (Fsp3) is 0.158. The van der Waals surface area contributed by atoms with E-state index in [1.54, 1.807) is 18.2 Å². The van der Waals surface area contributed by atoms with Gasteiger partial charge in [0.25, 0.3) is 5.91 Å². The smallest absolute Gasteiger partial charge is 0.257 e. The number of hydrogen-bond donors (Lipinski definition) is 3. The summed E-state index contributed by atoms with van der Waals surface area (Å²) in [5.74, 6) is -0.442. The molecule has 1 amide bonds. The minimum absolute atomic E-state index is 0.0546. The largest absolute Gasteiger partial charge is 0.504 e. The number of amides is 1. The third-order valence-electron chi connectivity index (χ3n) is 3.94. The van der Waals surface area contributed by atoms with Gasteiger partial charge >= 0.3 is 0 Å². The van der Waals surface area contributed by atoms with Crippen LogP contribution >= 0.6 is 0 Å². The van der Waals surface area contributed by atoms with Gasteiger partial charge in [-0.05, 0) is 31.5 Å². The monoisotopic (exact) mass is 322 g/mol. The first kappa shape index (κ1) is 15.8. The van der Waals surface area contributed by atoms with Gasteiger partial charge in [0.15, 0.2) is 11.3 Å². The topological polar surface area (TPSA) is 86.3 Å². The van der Waals surface area contributed by atoms with Crippen molar-refractivity contribution in [3.63, 3.8) is 0 Å². The fourth-order valence-corrected chi connectivity index (χ4v) is 2.53. The predicted octanol–water partition coefficient (Wildman–Crippen LogP) is 3.42. The molecule has 3 aromatic rings. The Morgan fingerprint density at radius 2 is 1.92 bits per heavy atom. The van der Waals surface area contributed by atoms with Crippen molar-refractivity contribution in [3.05, 3.63) is 70.8 Å². The molecule has 1 aromatic heterocycles. The van der Waals surface area contributed by atoms with E-state index in [2.05, 4.69) is 5.32 Å². The average Bonchev–Trinajstić information content (AvgIpc) is 2.55. The summed E-state index contributed by atoms with van der Waals surface area (Å²) in [6.07, 6.45) is 0. The molecule has 5 heteroatoms. The van der Waals surface area contributed by atoms with Crippen molar-refractivity contribution in [2.24, 2.45) is 0 Å². The number of rotatable bonds is 3. The van der Waals surface area contributed by atoms with E-state index in [1.165, 1.54) is 6.07 Å². The molecule has 2 aromatic carbocycles. The van der Waals surface area contributed by atoms with Gasteiger partial charge in [-0.15, -0.1) is 0 Å². The van der Waals surface area contributed by atoms with Crippen LogP contribution in [0.25, 0.3) is 11.0 Å². The van der Waals surface area contributed by atoms with Crippen LogP contribution in [0, 0.1) is 12.3 Å². The normalized spacial score (nSPS) is 12.1. The second kappa shape index (κ2) is 6.20. The summed E-state index contributed by atoms with van der Waals surface area (Å²) in [6.45, 7) is 3.89. The Balaban J connectivity index is 1.90. The molecule has 0 aliphatic heterocycles. The second-order valence-electron chi connectivity index (χ2n) is 5.79. The molecule has 1 unspecified atom stereocenters. The number of benzene rings is 2. The van der Waals surface area contributed by atoms with Crippen LogP contribution in [0.5, 0.6) is 5.75 Å². The SMILES string of the molecule is Cc1ccc(C(C)NC(=O)c2cc3cccc(O)c3oc2=N)cc1. The summed E-state index contributed by atoms with van der Waals surface area (Å²) in [7, 11) is 0. The van der Waals surface area contributed by atoms with E-state index in [9.17, 15) is 9.90 Å². The number of aromatic hydroxyl groups is 1. The summed E-state index contributed by atoms with van der Waals surface area (Å²) < 4.78 is 5.30. The zero-order valence-corrected chi connectivity index (χ0v) is 13.5. The molecule has 0 aliphatic carbocycles. The number of para-hydroxylation sites is 1. The molecule has 0 saturated heterocycles. The number of carbonyl (C=O) groups is 1. The van der Waals surface area contributed by atoms with Crippen molar-refractivity contribution in [1.82, 2.24) is 5.32 Å². The first-order valence-electron chi connectivity index (χ1n) is 7.63. The van der Waals surface area contributed by atoms with Crippen LogP contribution in [0.15, 0.2) is 52.9 Å². The molecule has 5 nitrogen and oxygen atoms in total. The number of hydrogen-bond acceptors (Lipinski definition) is 4. The van der Waals surface area contributed by atoms with Gasteiger partial charge in [-0.1, -0.05) is 42.0 Å². The Morgan fingerprint density at radius 1 is 1.21 bits per heavy atom. The van der Waals surface area contributed by atoms with E-state index in [1.807, 2.05) is 38.1 Å². The van der Waals surface area contributed by atoms with Crippen molar-refractivity contribution < 1.29 is 14.3 Å². The Hall–Kier alpha value is -3.08. The van der Waals surface area contributed by atoms with Gasteiger partial charge in [-0.2, -0.15) is 0 Å². The van der Waals surface area contributed by atoms with Crippen molar-refractivity contribution >= 4 is 16.9 Å². The van der Waals surface area contributed by atoms with E-state index in [-0.39, 0.29) is 34.4 Å². The maximum absolute atomic E-state index is 12.5. The summed E-state index contributed by atoms with van der Waals surface area (Å²) in [5, 5.41) is 21.1. The van der Waals surface area contributed by atoms with Crippen molar-refractivity contribution in [1.29, 1.82) is 5.41 Å². The van der Waals surface area contributed by atoms with Crippen LogP contribution in [-0.4, -0.2) is 11.0 Å². The van der Waals surface area contributed by atoms with Crippen LogP contribution in [-0.2, 0) is 0 Å². The maximum Gasteiger partial charge on any atom is 0.257 e. The Bertz CT molecular complexity index is 959. The maximum atomic E-state index is 12.5. The molecule has 0 radical (unpaired) electrons. The van der Waals surface area contributed by atoms with Gasteiger partial charge in [0.05, 0.1) is 6.04 Å². The Kier molecular flexibility index (Phi) is 4.08. The van der Waals surface area contributed by atoms with Gasteiger partial charge in [0, 0.05) is 5.39 Å². The lowest BCUT2D eigenvalue weighted by Gasteiger charge is -2.14. The highest BCUT2D eigenvalue weighted by molar-refractivity contribution is 5.97. The van der Waals surface area contributed by atoms with Crippen LogP contribution in [0.1, 0.15) is 34.5 Å². The molecule has 0 aliphatic rings. The van der Waals surface area contributed by atoms with Crippen LogP contribution < -0.4 is 10.9 Å². The van der Waals surface area contributed by atoms with Crippen molar-refractivity contribution in [2.75, 3.05) is 0 Å². The third-order valence-corrected chi connectivity index (χ3v) is 3.94. The second-order valence-corrected chi connectivity index (χ2v) is 5.79. The molecule has 24 heavy (non-hydrogen) atoms. The highest BCUT2D eigenvalue weighted by Gasteiger charge is 2.16. The number of aryl methyl sites for hydroxylation is 1. The standard InChI is InChI=1S/C19H18N2O3/c1-11-6-8-13(9-7-11)12(2)21-19(23)15-10-14-4-3-5-16(22)17(14)24-18(15)20/h3-10,12,20,22H,1-2H3,(H,21,23). The number of carbonyl (C=O) groups excluding carboxylic acids is 1. The summed E-state index contributed by atoms with van der Waals surface area (Å²) in [5.41, 5.74) is 2.19. The third kappa shape index (κ3) is 3.01. The van der Waals surface area contributed by atoms with Crippen LogP contribution in [0.3, 0.4) is 0 Å². The molecular formula is C19H18N2O3. The van der Waals surface area contributed by atoms with Gasteiger partial charge in [0.2, 0.25) is 5.55 Å². The first-order chi connectivity index (χ1) is 11.5. The van der Waals surface area contributed by atoms with E-state index >= 15 is 0 Å². The fourth-order valence-electron chi connectivity index (χ4n) is 2.53. The quantitative estimate of drug-likeness (QED) is 0.690. The van der Waals surface area contributed by atoms with E-state index in [0.717, 1.165) is 11.1 Å². The van der Waals surface area contributed by atoms with Crippen LogP contribution in [0.2, 0.25) is 0 Å². The molecule has 0 fully saturated rings. The van der Waals surface area contributed by atoms with Crippen LogP contribution in [0.4, 0.5) is 0 Å². The number of nitrogens with one attached hydrogen (secondary N) is 2. The Labute approximate surface area is 139 Å². The molecule has 1 heterocycles. The molecule has 3 N–H and O–H groups in total. The molecule has 0 bridgehead atoms. The molecule has 0 saturated carbocycles. The Morgan fingerprint density at radius 3 is 2.62 bits per heavy atom. The molecule has 3 rings (SSSR count). The zero-order valence-electron chi connectivity index (χ0n) is 13.5.